The summed E-state index contributed by atoms with van der Waals surface area (Å²) in [6, 6.07) is 3.61. The third-order valence-corrected chi connectivity index (χ3v) is 3.03. The Balaban J connectivity index is 3.11. The molecule has 0 aliphatic rings. The van der Waals surface area contributed by atoms with E-state index in [1.54, 1.807) is 27.1 Å². The van der Waals surface area contributed by atoms with E-state index in [2.05, 4.69) is 10.9 Å². The van der Waals surface area contributed by atoms with Gasteiger partial charge in [-0.05, 0) is 31.5 Å². The number of methoxy groups -OCH3 is 1. The summed E-state index contributed by atoms with van der Waals surface area (Å²) in [6.45, 7) is 3.70. The number of aryl methyl sites for hydroxylation is 1. The summed E-state index contributed by atoms with van der Waals surface area (Å²) in [5.74, 6) is 0.201. The summed E-state index contributed by atoms with van der Waals surface area (Å²) in [6.07, 6.45) is 0. The van der Waals surface area contributed by atoms with E-state index < -0.39 is 0 Å². The first-order valence-corrected chi connectivity index (χ1v) is 5.69. The highest BCUT2D eigenvalue weighted by Crippen LogP contribution is 2.31. The molecule has 0 saturated carbocycles. The van der Waals surface area contributed by atoms with Crippen molar-refractivity contribution in [2.75, 3.05) is 14.2 Å². The van der Waals surface area contributed by atoms with Gasteiger partial charge in [0.2, 0.25) is 5.91 Å². The molecule has 1 atom stereocenters. The monoisotopic (exact) mass is 256 g/mol. The second kappa shape index (κ2) is 5.89. The van der Waals surface area contributed by atoms with Crippen LogP contribution in [0.25, 0.3) is 0 Å². The van der Waals surface area contributed by atoms with Gasteiger partial charge in [0.05, 0.1) is 13.0 Å². The number of carbonyl (C=O) groups is 1. The van der Waals surface area contributed by atoms with Crippen molar-refractivity contribution in [2.24, 2.45) is 0 Å². The van der Waals surface area contributed by atoms with Gasteiger partial charge in [-0.2, -0.15) is 0 Å². The molecule has 0 heterocycles. The van der Waals surface area contributed by atoms with E-state index in [9.17, 15) is 4.79 Å². The fourth-order valence-electron chi connectivity index (χ4n) is 1.56. The highest BCUT2D eigenvalue weighted by atomic mass is 35.5. The van der Waals surface area contributed by atoms with E-state index >= 15 is 0 Å². The zero-order valence-corrected chi connectivity index (χ0v) is 11.2. The average Bonchev–Trinajstić information content (AvgIpc) is 2.31. The molecular weight excluding hydrogens is 240 g/mol. The van der Waals surface area contributed by atoms with Crippen LogP contribution in [-0.2, 0) is 4.79 Å². The van der Waals surface area contributed by atoms with E-state index in [4.69, 9.17) is 16.3 Å². The maximum atomic E-state index is 11.7. The molecule has 2 N–H and O–H groups in total. The van der Waals surface area contributed by atoms with Crippen LogP contribution in [0.5, 0.6) is 5.75 Å². The van der Waals surface area contributed by atoms with Crippen molar-refractivity contribution in [3.8, 4) is 5.75 Å². The Labute approximate surface area is 106 Å². The second-order valence-electron chi connectivity index (χ2n) is 3.80. The van der Waals surface area contributed by atoms with E-state index in [1.165, 1.54) is 0 Å². The quantitative estimate of drug-likeness (QED) is 0.811. The second-order valence-corrected chi connectivity index (χ2v) is 4.21. The Morgan fingerprint density at radius 2 is 2.12 bits per heavy atom. The lowest BCUT2D eigenvalue weighted by molar-refractivity contribution is -0.123. The molecule has 17 heavy (non-hydrogen) atoms. The number of hydrogen-bond donors (Lipinski definition) is 2. The fourth-order valence-corrected chi connectivity index (χ4v) is 1.73. The van der Waals surface area contributed by atoms with Crippen molar-refractivity contribution in [2.45, 2.75) is 19.8 Å². The molecule has 0 saturated heterocycles. The summed E-state index contributed by atoms with van der Waals surface area (Å²) in [5, 5.41) is 0.630. The SMILES string of the molecule is CNNC(=O)C(C)c1cc(Cl)c(C)cc1OC. The zero-order valence-electron chi connectivity index (χ0n) is 10.4. The molecule has 0 spiro atoms. The summed E-state index contributed by atoms with van der Waals surface area (Å²) in [5.41, 5.74) is 6.85. The number of halogens is 1. The minimum absolute atomic E-state index is 0.134. The highest BCUT2D eigenvalue weighted by Gasteiger charge is 2.19. The van der Waals surface area contributed by atoms with Gasteiger partial charge < -0.3 is 4.74 Å². The van der Waals surface area contributed by atoms with Gasteiger partial charge in [0.15, 0.2) is 0 Å². The third-order valence-electron chi connectivity index (χ3n) is 2.62. The van der Waals surface area contributed by atoms with Gasteiger partial charge in [0, 0.05) is 17.6 Å². The van der Waals surface area contributed by atoms with Crippen LogP contribution >= 0.6 is 11.6 Å². The van der Waals surface area contributed by atoms with E-state index in [0.29, 0.717) is 10.8 Å². The molecule has 0 fully saturated rings. The maximum Gasteiger partial charge on any atom is 0.241 e. The Morgan fingerprint density at radius 3 is 2.65 bits per heavy atom. The standard InChI is InChI=1S/C12H17ClN2O2/c1-7-5-11(17-4)9(6-10(7)13)8(2)12(16)15-14-3/h5-6,8,14H,1-4H3,(H,15,16). The Hall–Kier alpha value is -1.26. The zero-order chi connectivity index (χ0) is 13.0. The van der Waals surface area contributed by atoms with Crippen LogP contribution in [0.4, 0.5) is 0 Å². The fraction of sp³-hybridized carbons (Fsp3) is 0.417. The van der Waals surface area contributed by atoms with Crippen LogP contribution < -0.4 is 15.6 Å². The normalized spacial score (nSPS) is 12.1. The highest BCUT2D eigenvalue weighted by molar-refractivity contribution is 6.31. The molecule has 1 rings (SSSR count). The number of nitrogens with one attached hydrogen (secondary N) is 2. The number of benzene rings is 1. The molecule has 1 unspecified atom stereocenters. The molecular formula is C12H17ClN2O2. The molecule has 1 aromatic carbocycles. The number of amides is 1. The van der Waals surface area contributed by atoms with Crippen molar-refractivity contribution >= 4 is 17.5 Å². The molecule has 4 nitrogen and oxygen atoms in total. The first kappa shape index (κ1) is 13.8. The molecule has 0 aromatic heterocycles. The number of hydrogen-bond acceptors (Lipinski definition) is 3. The van der Waals surface area contributed by atoms with Crippen LogP contribution in [0.2, 0.25) is 5.02 Å². The topological polar surface area (TPSA) is 50.4 Å². The minimum Gasteiger partial charge on any atom is -0.496 e. The summed E-state index contributed by atoms with van der Waals surface area (Å²) < 4.78 is 5.27. The smallest absolute Gasteiger partial charge is 0.241 e. The Morgan fingerprint density at radius 1 is 1.47 bits per heavy atom. The lowest BCUT2D eigenvalue weighted by Gasteiger charge is -2.16. The first-order chi connectivity index (χ1) is 8.01. The molecule has 0 aliphatic heterocycles. The van der Waals surface area contributed by atoms with Crippen LogP contribution in [0.1, 0.15) is 24.0 Å². The van der Waals surface area contributed by atoms with Gasteiger partial charge in [-0.25, -0.2) is 5.43 Å². The summed E-state index contributed by atoms with van der Waals surface area (Å²) >= 11 is 6.07. The minimum atomic E-state index is -0.338. The van der Waals surface area contributed by atoms with E-state index in [0.717, 1.165) is 11.1 Å². The number of carbonyl (C=O) groups excluding carboxylic acids is 1. The Bertz CT molecular complexity index is 421. The largest absolute Gasteiger partial charge is 0.496 e. The average molecular weight is 257 g/mol. The molecule has 94 valence electrons. The van der Waals surface area contributed by atoms with Gasteiger partial charge in [-0.3, -0.25) is 10.2 Å². The van der Waals surface area contributed by atoms with Crippen LogP contribution in [0.3, 0.4) is 0 Å². The van der Waals surface area contributed by atoms with Gasteiger partial charge in [0.1, 0.15) is 5.75 Å². The molecule has 1 aromatic rings. The number of hydrazine groups is 1. The van der Waals surface area contributed by atoms with Crippen molar-refractivity contribution in [3.63, 3.8) is 0 Å². The van der Waals surface area contributed by atoms with Crippen LogP contribution in [0.15, 0.2) is 12.1 Å². The first-order valence-electron chi connectivity index (χ1n) is 5.31. The molecule has 5 heteroatoms. The molecule has 0 radical (unpaired) electrons. The lowest BCUT2D eigenvalue weighted by Crippen LogP contribution is -2.37. The molecule has 0 bridgehead atoms. The van der Waals surface area contributed by atoms with Crippen molar-refractivity contribution in [3.05, 3.63) is 28.3 Å². The van der Waals surface area contributed by atoms with Crippen molar-refractivity contribution < 1.29 is 9.53 Å². The molecule has 0 aliphatic carbocycles. The number of ether oxygens (including phenoxy) is 1. The van der Waals surface area contributed by atoms with Gasteiger partial charge in [-0.1, -0.05) is 11.6 Å². The summed E-state index contributed by atoms with van der Waals surface area (Å²) in [4.78, 5) is 11.7. The predicted octanol–water partition coefficient (Wildman–Crippen LogP) is 2.01. The lowest BCUT2D eigenvalue weighted by atomic mass is 9.98. The van der Waals surface area contributed by atoms with Gasteiger partial charge in [-0.15, -0.1) is 0 Å². The van der Waals surface area contributed by atoms with Gasteiger partial charge >= 0.3 is 0 Å². The summed E-state index contributed by atoms with van der Waals surface area (Å²) in [7, 11) is 3.22. The number of rotatable bonds is 4. The predicted molar refractivity (Wildman–Crippen MR) is 68.4 cm³/mol. The van der Waals surface area contributed by atoms with Crippen molar-refractivity contribution in [1.82, 2.24) is 10.9 Å². The third kappa shape index (κ3) is 3.11. The Kier molecular flexibility index (Phi) is 4.78. The van der Waals surface area contributed by atoms with Crippen LogP contribution in [-0.4, -0.2) is 20.1 Å². The van der Waals surface area contributed by atoms with E-state index in [1.807, 2.05) is 13.0 Å². The maximum absolute atomic E-state index is 11.7. The molecule has 1 amide bonds. The van der Waals surface area contributed by atoms with Crippen LogP contribution in [0, 0.1) is 6.92 Å². The van der Waals surface area contributed by atoms with Gasteiger partial charge in [0.25, 0.3) is 0 Å². The van der Waals surface area contributed by atoms with E-state index in [-0.39, 0.29) is 11.8 Å². The van der Waals surface area contributed by atoms with Crippen molar-refractivity contribution in [1.29, 1.82) is 0 Å².